The van der Waals surface area contributed by atoms with Crippen LogP contribution in [0.15, 0.2) is 35.5 Å². The highest BCUT2D eigenvalue weighted by Gasteiger charge is 2.21. The maximum Gasteiger partial charge on any atom is 0.214 e. The molecule has 8 heteroatoms. The Morgan fingerprint density at radius 3 is 2.90 bits per heavy atom. The van der Waals surface area contributed by atoms with Gasteiger partial charge in [0.1, 0.15) is 0 Å². The quantitative estimate of drug-likeness (QED) is 0.437. The number of aryl methyl sites for hydroxylation is 2. The van der Waals surface area contributed by atoms with Gasteiger partial charge in [0.2, 0.25) is 5.16 Å². The van der Waals surface area contributed by atoms with E-state index in [1.54, 1.807) is 4.68 Å². The van der Waals surface area contributed by atoms with Gasteiger partial charge < -0.3 is 9.30 Å². The smallest absolute Gasteiger partial charge is 0.214 e. The van der Waals surface area contributed by atoms with Gasteiger partial charge in [-0.15, -0.1) is 5.10 Å². The minimum atomic E-state index is 0.0838. The Balaban J connectivity index is 1.46. The summed E-state index contributed by atoms with van der Waals surface area (Å²) in [4.78, 5) is 12.9. The van der Waals surface area contributed by atoms with Gasteiger partial charge in [-0.05, 0) is 67.8 Å². The van der Waals surface area contributed by atoms with Crippen molar-refractivity contribution < 1.29 is 9.53 Å². The Hall–Kier alpha value is -2.45. The van der Waals surface area contributed by atoms with Gasteiger partial charge in [0.05, 0.1) is 17.5 Å². The van der Waals surface area contributed by atoms with Crippen LogP contribution in [0, 0.1) is 20.8 Å². The van der Waals surface area contributed by atoms with Crippen LogP contribution in [0.25, 0.3) is 5.69 Å². The van der Waals surface area contributed by atoms with Crippen LogP contribution in [-0.2, 0) is 11.3 Å². The van der Waals surface area contributed by atoms with Crippen LogP contribution in [-0.4, -0.2) is 49.0 Å². The van der Waals surface area contributed by atoms with Crippen LogP contribution in [0.4, 0.5) is 0 Å². The normalized spacial score (nSPS) is 16.4. The van der Waals surface area contributed by atoms with Gasteiger partial charge in [-0.3, -0.25) is 4.79 Å². The van der Waals surface area contributed by atoms with E-state index in [2.05, 4.69) is 20.1 Å². The molecule has 1 aromatic carbocycles. The first-order valence-electron chi connectivity index (χ1n) is 9.82. The van der Waals surface area contributed by atoms with Gasteiger partial charge in [-0.25, -0.2) is 0 Å². The second kappa shape index (κ2) is 8.51. The van der Waals surface area contributed by atoms with Crippen molar-refractivity contribution in [2.75, 3.05) is 12.4 Å². The molecular weight excluding hydrogens is 386 g/mol. The fourth-order valence-corrected chi connectivity index (χ4v) is 4.53. The zero-order chi connectivity index (χ0) is 20.4. The third-order valence-corrected chi connectivity index (χ3v) is 6.22. The van der Waals surface area contributed by atoms with Crippen LogP contribution in [0.3, 0.4) is 0 Å². The molecular formula is C21H25N5O2S. The number of ether oxygens (including phenoxy) is 1. The number of thioether (sulfide) groups is 1. The van der Waals surface area contributed by atoms with Gasteiger partial charge in [-0.1, -0.05) is 23.9 Å². The molecule has 0 aliphatic carbocycles. The molecule has 1 aliphatic heterocycles. The lowest BCUT2D eigenvalue weighted by molar-refractivity contribution is 0.0957. The van der Waals surface area contributed by atoms with Crippen molar-refractivity contribution in [1.82, 2.24) is 24.8 Å². The van der Waals surface area contributed by atoms with Crippen molar-refractivity contribution in [3.8, 4) is 5.69 Å². The monoisotopic (exact) mass is 411 g/mol. The number of aromatic nitrogens is 5. The maximum atomic E-state index is 12.9. The first-order valence-corrected chi connectivity index (χ1v) is 10.8. The van der Waals surface area contributed by atoms with Gasteiger partial charge in [0.25, 0.3) is 0 Å². The summed E-state index contributed by atoms with van der Waals surface area (Å²) in [5, 5.41) is 12.6. The van der Waals surface area contributed by atoms with Crippen LogP contribution in [0.2, 0.25) is 0 Å². The van der Waals surface area contributed by atoms with E-state index in [1.165, 1.54) is 11.8 Å². The molecule has 152 valence electrons. The summed E-state index contributed by atoms with van der Waals surface area (Å²) in [6.45, 7) is 7.73. The predicted octanol–water partition coefficient (Wildman–Crippen LogP) is 3.54. The number of tetrazole rings is 1. The molecule has 0 spiro atoms. The second-order valence-corrected chi connectivity index (χ2v) is 8.40. The van der Waals surface area contributed by atoms with E-state index in [-0.39, 0.29) is 17.6 Å². The zero-order valence-electron chi connectivity index (χ0n) is 17.0. The van der Waals surface area contributed by atoms with E-state index >= 15 is 0 Å². The van der Waals surface area contributed by atoms with E-state index in [1.807, 2.05) is 51.1 Å². The summed E-state index contributed by atoms with van der Waals surface area (Å²) in [7, 11) is 0. The zero-order valence-corrected chi connectivity index (χ0v) is 17.8. The predicted molar refractivity (Wildman–Crippen MR) is 112 cm³/mol. The molecule has 3 heterocycles. The van der Waals surface area contributed by atoms with Crippen molar-refractivity contribution in [1.29, 1.82) is 0 Å². The molecule has 0 bridgehead atoms. The van der Waals surface area contributed by atoms with E-state index in [9.17, 15) is 4.79 Å². The summed E-state index contributed by atoms with van der Waals surface area (Å²) < 4.78 is 9.63. The molecule has 4 rings (SSSR count). The molecule has 0 unspecified atom stereocenters. The molecule has 0 N–H and O–H groups in total. The fraction of sp³-hybridized carbons (Fsp3) is 0.429. The minimum Gasteiger partial charge on any atom is -0.376 e. The number of hydrogen-bond acceptors (Lipinski definition) is 6. The minimum absolute atomic E-state index is 0.0838. The molecule has 1 saturated heterocycles. The average molecular weight is 412 g/mol. The number of nitrogens with zero attached hydrogens (tertiary/aromatic N) is 5. The van der Waals surface area contributed by atoms with Gasteiger partial charge in [0.15, 0.2) is 5.78 Å². The number of rotatable bonds is 7. The van der Waals surface area contributed by atoms with Crippen molar-refractivity contribution in [2.24, 2.45) is 0 Å². The van der Waals surface area contributed by atoms with Gasteiger partial charge >= 0.3 is 0 Å². The number of hydrogen-bond donors (Lipinski definition) is 0. The molecule has 1 aliphatic rings. The highest BCUT2D eigenvalue weighted by Crippen LogP contribution is 2.24. The molecule has 1 fully saturated rings. The third-order valence-electron chi connectivity index (χ3n) is 5.30. The molecule has 2 aromatic heterocycles. The summed E-state index contributed by atoms with van der Waals surface area (Å²) in [6.07, 6.45) is 2.44. The Bertz CT molecular complexity index is 1020. The largest absolute Gasteiger partial charge is 0.376 e. The van der Waals surface area contributed by atoms with E-state index in [4.69, 9.17) is 4.74 Å². The Morgan fingerprint density at radius 1 is 1.28 bits per heavy atom. The summed E-state index contributed by atoms with van der Waals surface area (Å²) in [6, 6.07) is 9.94. The molecule has 1 atom stereocenters. The lowest BCUT2D eigenvalue weighted by Crippen LogP contribution is -2.17. The van der Waals surface area contributed by atoms with E-state index in [0.717, 1.165) is 54.2 Å². The third kappa shape index (κ3) is 4.28. The van der Waals surface area contributed by atoms with Crippen LogP contribution in [0.1, 0.15) is 40.2 Å². The Labute approximate surface area is 174 Å². The summed E-state index contributed by atoms with van der Waals surface area (Å²) in [5.41, 5.74) is 4.88. The van der Waals surface area contributed by atoms with Crippen LogP contribution >= 0.6 is 11.8 Å². The van der Waals surface area contributed by atoms with Crippen LogP contribution in [0.5, 0.6) is 0 Å². The van der Waals surface area contributed by atoms with Crippen molar-refractivity contribution >= 4 is 17.5 Å². The number of Topliss-reactive ketones (excluding diaryl/α,β-unsaturated/α-hetero) is 1. The maximum absolute atomic E-state index is 12.9. The van der Waals surface area contributed by atoms with E-state index in [0.29, 0.717) is 5.16 Å². The first kappa shape index (κ1) is 19.8. The topological polar surface area (TPSA) is 74.8 Å². The second-order valence-electron chi connectivity index (χ2n) is 7.45. The highest BCUT2D eigenvalue weighted by atomic mass is 32.2. The lowest BCUT2D eigenvalue weighted by atomic mass is 10.2. The van der Waals surface area contributed by atoms with Gasteiger partial charge in [0, 0.05) is 30.1 Å². The number of carbonyl (C=O) groups is 1. The summed E-state index contributed by atoms with van der Waals surface area (Å²) >= 11 is 1.36. The lowest BCUT2D eigenvalue weighted by Gasteiger charge is -2.14. The van der Waals surface area contributed by atoms with Crippen molar-refractivity contribution in [2.45, 2.75) is 51.4 Å². The fourth-order valence-electron chi connectivity index (χ4n) is 3.75. The number of ketones is 1. The molecule has 0 amide bonds. The number of carbonyl (C=O) groups excluding carboxylic acids is 1. The van der Waals surface area contributed by atoms with Crippen LogP contribution < -0.4 is 0 Å². The standard InChI is InChI=1S/C21H25N5O2S/c1-14-6-4-7-17(10-14)26-21(22-23-24-26)29-13-20(27)19-11-15(2)25(16(19)3)12-18-8-5-9-28-18/h4,6-7,10-11,18H,5,8-9,12-13H2,1-3H3/t18-/m1/s1. The first-order chi connectivity index (χ1) is 14.0. The molecule has 29 heavy (non-hydrogen) atoms. The molecule has 3 aromatic rings. The SMILES string of the molecule is Cc1cccc(-n2nnnc2SCC(=O)c2cc(C)n(C[C@H]3CCCO3)c2C)c1. The summed E-state index contributed by atoms with van der Waals surface area (Å²) in [5.74, 6) is 0.372. The van der Waals surface area contributed by atoms with Crippen molar-refractivity contribution in [3.63, 3.8) is 0 Å². The molecule has 7 nitrogen and oxygen atoms in total. The highest BCUT2D eigenvalue weighted by molar-refractivity contribution is 7.99. The molecule has 0 radical (unpaired) electrons. The van der Waals surface area contributed by atoms with Gasteiger partial charge in [-0.2, -0.15) is 4.68 Å². The molecule has 0 saturated carbocycles. The van der Waals surface area contributed by atoms with Crippen molar-refractivity contribution in [3.05, 3.63) is 52.8 Å². The average Bonchev–Trinajstić information content (AvgIpc) is 3.44. The number of benzene rings is 1. The van der Waals surface area contributed by atoms with E-state index < -0.39 is 0 Å². The Kier molecular flexibility index (Phi) is 5.82. The Morgan fingerprint density at radius 2 is 2.14 bits per heavy atom.